The summed E-state index contributed by atoms with van der Waals surface area (Å²) in [4.78, 5) is 5.42. The quantitative estimate of drug-likeness (QED) is 0.738. The molecule has 2 aliphatic rings. The van der Waals surface area contributed by atoms with E-state index < -0.39 is 0 Å². The summed E-state index contributed by atoms with van der Waals surface area (Å²) < 4.78 is 0. The molecule has 20 heavy (non-hydrogen) atoms. The molecule has 3 unspecified atom stereocenters. The van der Waals surface area contributed by atoms with Gasteiger partial charge in [0.15, 0.2) is 0 Å². The summed E-state index contributed by atoms with van der Waals surface area (Å²) >= 11 is 0. The van der Waals surface area contributed by atoms with Gasteiger partial charge in [-0.25, -0.2) is 0 Å². The highest BCUT2D eigenvalue weighted by Crippen LogP contribution is 2.37. The van der Waals surface area contributed by atoms with Crippen molar-refractivity contribution in [3.05, 3.63) is 0 Å². The smallest absolute Gasteiger partial charge is 0.0116 e. The minimum atomic E-state index is 0.770. The van der Waals surface area contributed by atoms with Crippen molar-refractivity contribution in [1.82, 2.24) is 15.1 Å². The van der Waals surface area contributed by atoms with Crippen molar-refractivity contribution in [1.29, 1.82) is 0 Å². The fourth-order valence-corrected chi connectivity index (χ4v) is 4.47. The van der Waals surface area contributed by atoms with Gasteiger partial charge in [0.25, 0.3) is 0 Å². The first kappa shape index (κ1) is 16.3. The monoisotopic (exact) mass is 281 g/mol. The van der Waals surface area contributed by atoms with E-state index in [1.807, 2.05) is 0 Å². The van der Waals surface area contributed by atoms with E-state index in [1.54, 1.807) is 0 Å². The molecule has 0 amide bonds. The molecule has 2 saturated heterocycles. The Morgan fingerprint density at radius 1 is 1.15 bits per heavy atom. The van der Waals surface area contributed by atoms with Gasteiger partial charge in [0.05, 0.1) is 0 Å². The Labute approximate surface area is 126 Å². The van der Waals surface area contributed by atoms with Crippen molar-refractivity contribution in [2.24, 2.45) is 0 Å². The van der Waals surface area contributed by atoms with E-state index in [-0.39, 0.29) is 0 Å². The largest absolute Gasteiger partial charge is 0.317 e. The van der Waals surface area contributed by atoms with Crippen molar-refractivity contribution in [2.45, 2.75) is 83.5 Å². The van der Waals surface area contributed by atoms with Crippen LogP contribution < -0.4 is 5.32 Å². The van der Waals surface area contributed by atoms with Crippen molar-refractivity contribution < 1.29 is 0 Å². The zero-order chi connectivity index (χ0) is 14.5. The van der Waals surface area contributed by atoms with Crippen LogP contribution in [0.1, 0.15) is 59.3 Å². The van der Waals surface area contributed by atoms with Gasteiger partial charge in [-0.2, -0.15) is 0 Å². The van der Waals surface area contributed by atoms with E-state index in [0.29, 0.717) is 0 Å². The number of nitrogens with zero attached hydrogens (tertiary/aromatic N) is 2. The van der Waals surface area contributed by atoms with Gasteiger partial charge in [-0.1, -0.05) is 13.8 Å². The molecule has 0 aliphatic carbocycles. The number of hydrogen-bond acceptors (Lipinski definition) is 3. The topological polar surface area (TPSA) is 18.5 Å². The molecule has 2 rings (SSSR count). The number of piperidine rings is 1. The molecular weight excluding hydrogens is 246 g/mol. The molecule has 0 spiro atoms. The molecule has 2 heterocycles. The average Bonchev–Trinajstić information content (AvgIpc) is 2.74. The Bertz CT molecular complexity index is 263. The van der Waals surface area contributed by atoms with Gasteiger partial charge in [0.2, 0.25) is 0 Å². The van der Waals surface area contributed by atoms with Gasteiger partial charge in [-0.05, 0) is 72.1 Å². The maximum atomic E-state index is 3.50. The number of rotatable bonds is 8. The Balaban J connectivity index is 1.77. The normalized spacial score (nSPS) is 31.9. The number of fused-ring (bicyclic) bond motifs is 2. The van der Waals surface area contributed by atoms with Gasteiger partial charge < -0.3 is 10.2 Å². The molecule has 3 atom stereocenters. The van der Waals surface area contributed by atoms with E-state index >= 15 is 0 Å². The highest BCUT2D eigenvalue weighted by atomic mass is 15.3. The first-order valence-electron chi connectivity index (χ1n) is 8.86. The van der Waals surface area contributed by atoms with Gasteiger partial charge in [-0.3, -0.25) is 4.90 Å². The molecule has 0 aromatic heterocycles. The van der Waals surface area contributed by atoms with Gasteiger partial charge in [0, 0.05) is 24.2 Å². The summed E-state index contributed by atoms with van der Waals surface area (Å²) in [5, 5.41) is 3.50. The summed E-state index contributed by atoms with van der Waals surface area (Å²) in [7, 11) is 2.13. The maximum absolute atomic E-state index is 3.50. The molecular formula is C17H35N3. The standard InChI is InChI=1S/C17H35N3/c1-5-19(6-2)11-7-8-14(3)20-16-9-10-17(20)13-15(12-16)18-4/h14-18H,5-13H2,1-4H3. The second-order valence-corrected chi connectivity index (χ2v) is 6.81. The Kier molecular flexibility index (Phi) is 6.31. The summed E-state index contributed by atoms with van der Waals surface area (Å²) in [6.45, 7) is 10.7. The van der Waals surface area contributed by atoms with Crippen molar-refractivity contribution >= 4 is 0 Å². The summed E-state index contributed by atoms with van der Waals surface area (Å²) in [6, 6.07) is 3.26. The Morgan fingerprint density at radius 2 is 1.75 bits per heavy atom. The van der Waals surface area contributed by atoms with E-state index in [0.717, 1.165) is 24.2 Å². The zero-order valence-corrected chi connectivity index (χ0v) is 14.1. The van der Waals surface area contributed by atoms with Gasteiger partial charge in [-0.15, -0.1) is 0 Å². The van der Waals surface area contributed by atoms with Gasteiger partial charge >= 0.3 is 0 Å². The first-order valence-corrected chi connectivity index (χ1v) is 8.86. The van der Waals surface area contributed by atoms with Crippen LogP contribution in [0.2, 0.25) is 0 Å². The fourth-order valence-electron chi connectivity index (χ4n) is 4.47. The van der Waals surface area contributed by atoms with Crippen LogP contribution in [-0.4, -0.2) is 60.6 Å². The van der Waals surface area contributed by atoms with Crippen LogP contribution in [0, 0.1) is 0 Å². The molecule has 1 N–H and O–H groups in total. The van der Waals surface area contributed by atoms with Crippen LogP contribution in [0.3, 0.4) is 0 Å². The second kappa shape index (κ2) is 7.77. The molecule has 118 valence electrons. The minimum Gasteiger partial charge on any atom is -0.317 e. The lowest BCUT2D eigenvalue weighted by Crippen LogP contribution is -2.51. The Hall–Kier alpha value is -0.120. The van der Waals surface area contributed by atoms with Crippen LogP contribution in [0.4, 0.5) is 0 Å². The lowest BCUT2D eigenvalue weighted by atomic mass is 9.94. The fraction of sp³-hybridized carbons (Fsp3) is 1.00. The second-order valence-electron chi connectivity index (χ2n) is 6.81. The molecule has 2 bridgehead atoms. The maximum Gasteiger partial charge on any atom is 0.0116 e. The van der Waals surface area contributed by atoms with Crippen LogP contribution in [0.15, 0.2) is 0 Å². The molecule has 3 nitrogen and oxygen atoms in total. The van der Waals surface area contributed by atoms with E-state index in [4.69, 9.17) is 0 Å². The average molecular weight is 281 g/mol. The molecule has 2 fully saturated rings. The van der Waals surface area contributed by atoms with Crippen molar-refractivity contribution in [2.75, 3.05) is 26.7 Å². The molecule has 0 radical (unpaired) electrons. The van der Waals surface area contributed by atoms with Crippen LogP contribution in [-0.2, 0) is 0 Å². The van der Waals surface area contributed by atoms with Crippen LogP contribution >= 0.6 is 0 Å². The van der Waals surface area contributed by atoms with E-state index in [9.17, 15) is 0 Å². The first-order chi connectivity index (χ1) is 9.69. The summed E-state index contributed by atoms with van der Waals surface area (Å²) in [5.41, 5.74) is 0. The van der Waals surface area contributed by atoms with Crippen molar-refractivity contribution in [3.63, 3.8) is 0 Å². The predicted molar refractivity (Wildman–Crippen MR) is 87.2 cm³/mol. The predicted octanol–water partition coefficient (Wildman–Crippen LogP) is 2.71. The molecule has 0 saturated carbocycles. The minimum absolute atomic E-state index is 0.770. The highest BCUT2D eigenvalue weighted by Gasteiger charge is 2.41. The third kappa shape index (κ3) is 3.75. The lowest BCUT2D eigenvalue weighted by Gasteiger charge is -2.42. The number of hydrogen-bond donors (Lipinski definition) is 1. The summed E-state index contributed by atoms with van der Waals surface area (Å²) in [6.07, 6.45) is 8.33. The zero-order valence-electron chi connectivity index (χ0n) is 14.1. The van der Waals surface area contributed by atoms with E-state index in [1.165, 1.54) is 58.2 Å². The molecule has 2 aliphatic heterocycles. The third-order valence-electron chi connectivity index (χ3n) is 5.70. The molecule has 3 heteroatoms. The Morgan fingerprint density at radius 3 is 2.25 bits per heavy atom. The van der Waals surface area contributed by atoms with Gasteiger partial charge in [0.1, 0.15) is 0 Å². The molecule has 0 aromatic rings. The SMILES string of the molecule is CCN(CC)CCCC(C)N1C2CCC1CC(NC)C2. The number of nitrogens with one attached hydrogen (secondary N) is 1. The molecule has 0 aromatic carbocycles. The lowest BCUT2D eigenvalue weighted by molar-refractivity contribution is 0.0726. The third-order valence-corrected chi connectivity index (χ3v) is 5.70. The van der Waals surface area contributed by atoms with Crippen LogP contribution in [0.25, 0.3) is 0 Å². The summed E-state index contributed by atoms with van der Waals surface area (Å²) in [5.74, 6) is 0. The van der Waals surface area contributed by atoms with Crippen molar-refractivity contribution in [3.8, 4) is 0 Å². The highest BCUT2D eigenvalue weighted by molar-refractivity contribution is 4.99. The van der Waals surface area contributed by atoms with Crippen LogP contribution in [0.5, 0.6) is 0 Å². The van der Waals surface area contributed by atoms with E-state index in [2.05, 4.69) is 42.9 Å².